The lowest BCUT2D eigenvalue weighted by Crippen LogP contribution is -2.32. The molecule has 0 saturated carbocycles. The Kier molecular flexibility index (Phi) is 5.20. The number of carbonyl (C=O) groups is 1. The molecule has 5 nitrogen and oxygen atoms in total. The zero-order chi connectivity index (χ0) is 14.2. The van der Waals surface area contributed by atoms with Gasteiger partial charge in [-0.2, -0.15) is 0 Å². The SMILES string of the molecule is NCCC(=O)N(Cc1ccccn1)Cc1ccccn1. The number of amides is 1. The van der Waals surface area contributed by atoms with Gasteiger partial charge in [0.05, 0.1) is 24.5 Å². The van der Waals surface area contributed by atoms with Crippen molar-refractivity contribution in [2.24, 2.45) is 5.73 Å². The zero-order valence-electron chi connectivity index (χ0n) is 11.3. The van der Waals surface area contributed by atoms with Crippen LogP contribution in [0, 0.1) is 0 Å². The van der Waals surface area contributed by atoms with Crippen LogP contribution in [0.1, 0.15) is 17.8 Å². The Morgan fingerprint density at radius 2 is 1.55 bits per heavy atom. The molecule has 0 atom stereocenters. The highest BCUT2D eigenvalue weighted by molar-refractivity contribution is 5.76. The molecule has 0 aliphatic heterocycles. The summed E-state index contributed by atoms with van der Waals surface area (Å²) in [6.07, 6.45) is 3.78. The van der Waals surface area contributed by atoms with E-state index in [1.54, 1.807) is 17.3 Å². The number of carbonyl (C=O) groups excluding carboxylic acids is 1. The van der Waals surface area contributed by atoms with Gasteiger partial charge in [-0.25, -0.2) is 0 Å². The van der Waals surface area contributed by atoms with Gasteiger partial charge in [0, 0.05) is 25.4 Å². The van der Waals surface area contributed by atoms with Crippen LogP contribution >= 0.6 is 0 Å². The Hall–Kier alpha value is -2.27. The van der Waals surface area contributed by atoms with Crippen LogP contribution in [0.2, 0.25) is 0 Å². The Balaban J connectivity index is 2.10. The number of hydrogen-bond acceptors (Lipinski definition) is 4. The molecule has 2 N–H and O–H groups in total. The molecule has 104 valence electrons. The predicted octanol–water partition coefficient (Wildman–Crippen LogP) is 1.35. The molecular weight excluding hydrogens is 252 g/mol. The van der Waals surface area contributed by atoms with E-state index in [4.69, 9.17) is 5.73 Å². The van der Waals surface area contributed by atoms with Gasteiger partial charge in [-0.15, -0.1) is 0 Å². The molecule has 0 bridgehead atoms. The van der Waals surface area contributed by atoms with Crippen molar-refractivity contribution in [3.05, 3.63) is 60.2 Å². The summed E-state index contributed by atoms with van der Waals surface area (Å²) in [7, 11) is 0. The molecule has 0 radical (unpaired) electrons. The van der Waals surface area contributed by atoms with E-state index in [2.05, 4.69) is 9.97 Å². The first-order valence-electron chi connectivity index (χ1n) is 6.57. The highest BCUT2D eigenvalue weighted by atomic mass is 16.2. The lowest BCUT2D eigenvalue weighted by Gasteiger charge is -2.22. The van der Waals surface area contributed by atoms with Crippen molar-refractivity contribution >= 4 is 5.91 Å². The summed E-state index contributed by atoms with van der Waals surface area (Å²) in [6.45, 7) is 1.28. The molecule has 20 heavy (non-hydrogen) atoms. The van der Waals surface area contributed by atoms with Gasteiger partial charge in [0.25, 0.3) is 0 Å². The van der Waals surface area contributed by atoms with Crippen molar-refractivity contribution in [2.75, 3.05) is 6.54 Å². The second kappa shape index (κ2) is 7.35. The van der Waals surface area contributed by atoms with Crippen molar-refractivity contribution in [3.63, 3.8) is 0 Å². The van der Waals surface area contributed by atoms with Crippen molar-refractivity contribution < 1.29 is 4.79 Å². The van der Waals surface area contributed by atoms with Crippen LogP contribution in [0.5, 0.6) is 0 Å². The standard InChI is InChI=1S/C15H18N4O/c16-8-7-15(20)19(11-13-5-1-3-9-17-13)12-14-6-2-4-10-18-14/h1-6,9-10H,7-8,11-12,16H2. The first-order chi connectivity index (χ1) is 9.79. The van der Waals surface area contributed by atoms with Gasteiger partial charge in [0.15, 0.2) is 0 Å². The maximum absolute atomic E-state index is 12.1. The topological polar surface area (TPSA) is 72.1 Å². The van der Waals surface area contributed by atoms with E-state index in [1.807, 2.05) is 36.4 Å². The fourth-order valence-electron chi connectivity index (χ4n) is 1.89. The van der Waals surface area contributed by atoms with Gasteiger partial charge in [-0.05, 0) is 24.3 Å². The molecule has 0 aromatic carbocycles. The minimum absolute atomic E-state index is 0.0174. The quantitative estimate of drug-likeness (QED) is 0.860. The minimum atomic E-state index is 0.0174. The normalized spacial score (nSPS) is 10.2. The molecule has 0 aliphatic carbocycles. The Morgan fingerprint density at radius 3 is 1.95 bits per heavy atom. The maximum Gasteiger partial charge on any atom is 0.224 e. The Morgan fingerprint density at radius 1 is 1.00 bits per heavy atom. The largest absolute Gasteiger partial charge is 0.331 e. The van der Waals surface area contributed by atoms with E-state index >= 15 is 0 Å². The molecule has 0 aliphatic rings. The number of aromatic nitrogens is 2. The number of pyridine rings is 2. The lowest BCUT2D eigenvalue weighted by molar-refractivity contribution is -0.132. The van der Waals surface area contributed by atoms with Crippen LogP contribution in [-0.2, 0) is 17.9 Å². The molecule has 5 heteroatoms. The van der Waals surface area contributed by atoms with Crippen LogP contribution in [0.25, 0.3) is 0 Å². The van der Waals surface area contributed by atoms with E-state index in [9.17, 15) is 4.79 Å². The molecular formula is C15H18N4O. The summed E-state index contributed by atoms with van der Waals surface area (Å²) in [5.41, 5.74) is 7.19. The van der Waals surface area contributed by atoms with Gasteiger partial charge in [0.2, 0.25) is 5.91 Å². The van der Waals surface area contributed by atoms with Crippen molar-refractivity contribution in [3.8, 4) is 0 Å². The van der Waals surface area contributed by atoms with Crippen molar-refractivity contribution in [1.29, 1.82) is 0 Å². The third kappa shape index (κ3) is 4.13. The van der Waals surface area contributed by atoms with E-state index in [1.165, 1.54) is 0 Å². The van der Waals surface area contributed by atoms with E-state index in [0.29, 0.717) is 26.1 Å². The predicted molar refractivity (Wildman–Crippen MR) is 76.4 cm³/mol. The van der Waals surface area contributed by atoms with Crippen LogP contribution in [0.4, 0.5) is 0 Å². The average molecular weight is 270 g/mol. The van der Waals surface area contributed by atoms with Gasteiger partial charge >= 0.3 is 0 Å². The average Bonchev–Trinajstić information content (AvgIpc) is 2.49. The Bertz CT molecular complexity index is 489. The fraction of sp³-hybridized carbons (Fsp3) is 0.267. The van der Waals surface area contributed by atoms with Crippen molar-refractivity contribution in [1.82, 2.24) is 14.9 Å². The molecule has 0 fully saturated rings. The van der Waals surface area contributed by atoms with Gasteiger partial charge in [0.1, 0.15) is 0 Å². The second-order valence-corrected chi connectivity index (χ2v) is 4.43. The van der Waals surface area contributed by atoms with Crippen LogP contribution in [-0.4, -0.2) is 27.3 Å². The number of rotatable bonds is 6. The summed E-state index contributed by atoms with van der Waals surface area (Å²) in [4.78, 5) is 22.4. The van der Waals surface area contributed by atoms with Gasteiger partial charge in [-0.1, -0.05) is 12.1 Å². The van der Waals surface area contributed by atoms with Crippen molar-refractivity contribution in [2.45, 2.75) is 19.5 Å². The lowest BCUT2D eigenvalue weighted by atomic mass is 10.2. The second-order valence-electron chi connectivity index (χ2n) is 4.43. The third-order valence-corrected chi connectivity index (χ3v) is 2.87. The van der Waals surface area contributed by atoms with Crippen LogP contribution in [0.3, 0.4) is 0 Å². The molecule has 1 amide bonds. The number of nitrogens with zero attached hydrogens (tertiary/aromatic N) is 3. The summed E-state index contributed by atoms with van der Waals surface area (Å²) < 4.78 is 0. The highest BCUT2D eigenvalue weighted by Gasteiger charge is 2.14. The first-order valence-corrected chi connectivity index (χ1v) is 6.57. The molecule has 0 saturated heterocycles. The summed E-state index contributed by atoms with van der Waals surface area (Å²) in [5.74, 6) is 0.0174. The highest BCUT2D eigenvalue weighted by Crippen LogP contribution is 2.08. The number of nitrogens with two attached hydrogens (primary N) is 1. The molecule has 2 heterocycles. The molecule has 2 aromatic rings. The van der Waals surface area contributed by atoms with Crippen LogP contribution in [0.15, 0.2) is 48.8 Å². The smallest absolute Gasteiger partial charge is 0.224 e. The molecule has 0 spiro atoms. The maximum atomic E-state index is 12.1. The fourth-order valence-corrected chi connectivity index (χ4v) is 1.89. The van der Waals surface area contributed by atoms with E-state index < -0.39 is 0 Å². The molecule has 0 unspecified atom stereocenters. The Labute approximate surface area is 118 Å². The first kappa shape index (κ1) is 14.1. The molecule has 2 rings (SSSR count). The molecule has 2 aromatic heterocycles. The summed E-state index contributed by atoms with van der Waals surface area (Å²) >= 11 is 0. The third-order valence-electron chi connectivity index (χ3n) is 2.87. The summed E-state index contributed by atoms with van der Waals surface area (Å²) in [5, 5.41) is 0. The number of hydrogen-bond donors (Lipinski definition) is 1. The zero-order valence-corrected chi connectivity index (χ0v) is 11.3. The monoisotopic (exact) mass is 270 g/mol. The van der Waals surface area contributed by atoms with E-state index in [-0.39, 0.29) is 5.91 Å². The van der Waals surface area contributed by atoms with Crippen LogP contribution < -0.4 is 5.73 Å². The van der Waals surface area contributed by atoms with E-state index in [0.717, 1.165) is 11.4 Å². The van der Waals surface area contributed by atoms with Gasteiger partial charge in [-0.3, -0.25) is 14.8 Å². The minimum Gasteiger partial charge on any atom is -0.331 e. The van der Waals surface area contributed by atoms with Gasteiger partial charge < -0.3 is 10.6 Å². The summed E-state index contributed by atoms with van der Waals surface area (Å²) in [6, 6.07) is 11.3.